The van der Waals surface area contributed by atoms with Gasteiger partial charge in [-0.2, -0.15) is 5.26 Å². The summed E-state index contributed by atoms with van der Waals surface area (Å²) in [6.07, 6.45) is 0.876. The standard InChI is InChI=1S/C15H19N3O/c1-15(2,9-16)10-18-14(19)13-5-3-4-11-8-17-7-6-12(11)13/h3-5,17H,6-8,10H2,1-2H3,(H,18,19). The van der Waals surface area contributed by atoms with Gasteiger partial charge >= 0.3 is 0 Å². The van der Waals surface area contributed by atoms with Gasteiger partial charge in [0.2, 0.25) is 0 Å². The van der Waals surface area contributed by atoms with Crippen molar-refractivity contribution in [3.05, 3.63) is 34.9 Å². The van der Waals surface area contributed by atoms with E-state index in [4.69, 9.17) is 5.26 Å². The minimum absolute atomic E-state index is 0.0814. The fraction of sp³-hybridized carbons (Fsp3) is 0.467. The van der Waals surface area contributed by atoms with E-state index in [1.54, 1.807) is 0 Å². The fourth-order valence-electron chi connectivity index (χ4n) is 2.18. The topological polar surface area (TPSA) is 64.9 Å². The van der Waals surface area contributed by atoms with Crippen molar-refractivity contribution in [2.75, 3.05) is 13.1 Å². The number of amides is 1. The van der Waals surface area contributed by atoms with Crippen molar-refractivity contribution in [3.8, 4) is 6.07 Å². The zero-order valence-electron chi connectivity index (χ0n) is 11.4. The van der Waals surface area contributed by atoms with Crippen molar-refractivity contribution in [3.63, 3.8) is 0 Å². The monoisotopic (exact) mass is 257 g/mol. The molecule has 19 heavy (non-hydrogen) atoms. The van der Waals surface area contributed by atoms with Crippen molar-refractivity contribution >= 4 is 5.91 Å². The first-order valence-electron chi connectivity index (χ1n) is 6.54. The van der Waals surface area contributed by atoms with Gasteiger partial charge in [0.25, 0.3) is 5.91 Å². The summed E-state index contributed by atoms with van der Waals surface area (Å²) >= 11 is 0. The highest BCUT2D eigenvalue weighted by Gasteiger charge is 2.21. The molecule has 1 aliphatic heterocycles. The number of carbonyl (C=O) groups excluding carboxylic acids is 1. The van der Waals surface area contributed by atoms with Gasteiger partial charge < -0.3 is 10.6 Å². The predicted molar refractivity (Wildman–Crippen MR) is 73.6 cm³/mol. The summed E-state index contributed by atoms with van der Waals surface area (Å²) in [7, 11) is 0. The Morgan fingerprint density at radius 3 is 3.05 bits per heavy atom. The quantitative estimate of drug-likeness (QED) is 0.864. The first kappa shape index (κ1) is 13.6. The minimum Gasteiger partial charge on any atom is -0.350 e. The molecule has 0 radical (unpaired) electrons. The highest BCUT2D eigenvalue weighted by molar-refractivity contribution is 5.96. The van der Waals surface area contributed by atoms with Gasteiger partial charge in [0, 0.05) is 18.7 Å². The smallest absolute Gasteiger partial charge is 0.251 e. The summed E-state index contributed by atoms with van der Waals surface area (Å²) in [6, 6.07) is 8.01. The molecule has 0 saturated heterocycles. The van der Waals surface area contributed by atoms with Gasteiger partial charge in [-0.1, -0.05) is 12.1 Å². The molecule has 4 nitrogen and oxygen atoms in total. The molecule has 0 atom stereocenters. The number of fused-ring (bicyclic) bond motifs is 1. The summed E-state index contributed by atoms with van der Waals surface area (Å²) in [5.41, 5.74) is 2.53. The van der Waals surface area contributed by atoms with E-state index in [1.807, 2.05) is 26.0 Å². The summed E-state index contributed by atoms with van der Waals surface area (Å²) < 4.78 is 0. The number of rotatable bonds is 3. The molecule has 0 spiro atoms. The third-order valence-corrected chi connectivity index (χ3v) is 3.38. The molecule has 0 aliphatic carbocycles. The zero-order valence-corrected chi connectivity index (χ0v) is 11.4. The Labute approximate surface area is 113 Å². The second-order valence-corrected chi connectivity index (χ2v) is 5.55. The molecule has 1 aliphatic rings. The molecule has 2 N–H and O–H groups in total. The number of hydrogen-bond donors (Lipinski definition) is 2. The average molecular weight is 257 g/mol. The molecule has 0 unspecified atom stereocenters. The van der Waals surface area contributed by atoms with E-state index in [0.717, 1.165) is 30.6 Å². The van der Waals surface area contributed by atoms with Crippen molar-refractivity contribution in [1.29, 1.82) is 5.26 Å². The van der Waals surface area contributed by atoms with Crippen molar-refractivity contribution < 1.29 is 4.79 Å². The lowest BCUT2D eigenvalue weighted by Gasteiger charge is -2.21. The van der Waals surface area contributed by atoms with Gasteiger partial charge in [-0.05, 0) is 44.0 Å². The van der Waals surface area contributed by atoms with E-state index in [2.05, 4.69) is 22.8 Å². The number of benzene rings is 1. The van der Waals surface area contributed by atoms with Crippen LogP contribution in [0.3, 0.4) is 0 Å². The van der Waals surface area contributed by atoms with Crippen molar-refractivity contribution in [2.24, 2.45) is 5.41 Å². The minimum atomic E-state index is -0.536. The number of nitrogens with one attached hydrogen (secondary N) is 2. The third kappa shape index (κ3) is 3.12. The first-order valence-corrected chi connectivity index (χ1v) is 6.54. The van der Waals surface area contributed by atoms with Gasteiger partial charge in [0.15, 0.2) is 0 Å². The molecule has 0 saturated carbocycles. The Balaban J connectivity index is 2.14. The Morgan fingerprint density at radius 2 is 2.32 bits per heavy atom. The second-order valence-electron chi connectivity index (χ2n) is 5.55. The van der Waals surface area contributed by atoms with E-state index in [0.29, 0.717) is 6.54 Å². The highest BCUT2D eigenvalue weighted by Crippen LogP contribution is 2.19. The molecule has 1 amide bonds. The van der Waals surface area contributed by atoms with Crippen LogP contribution in [0.2, 0.25) is 0 Å². The maximum Gasteiger partial charge on any atom is 0.251 e. The maximum absolute atomic E-state index is 12.2. The Hall–Kier alpha value is -1.86. The van der Waals surface area contributed by atoms with Gasteiger partial charge in [0.05, 0.1) is 11.5 Å². The molecule has 0 fully saturated rings. The van der Waals surface area contributed by atoms with E-state index in [1.165, 1.54) is 5.56 Å². The zero-order chi connectivity index (χ0) is 13.9. The predicted octanol–water partition coefficient (Wildman–Crippen LogP) is 1.61. The highest BCUT2D eigenvalue weighted by atomic mass is 16.1. The lowest BCUT2D eigenvalue weighted by molar-refractivity contribution is 0.0942. The molecule has 1 heterocycles. The van der Waals surface area contributed by atoms with Crippen LogP contribution < -0.4 is 10.6 Å². The lowest BCUT2D eigenvalue weighted by atomic mass is 9.93. The summed E-state index contributed by atoms with van der Waals surface area (Å²) in [6.45, 7) is 5.72. The average Bonchev–Trinajstić information content (AvgIpc) is 2.44. The van der Waals surface area contributed by atoms with E-state index in [-0.39, 0.29) is 5.91 Å². The molecule has 4 heteroatoms. The molecule has 0 aromatic heterocycles. The van der Waals surface area contributed by atoms with E-state index >= 15 is 0 Å². The Bertz CT molecular complexity index is 529. The van der Waals surface area contributed by atoms with Gasteiger partial charge in [-0.25, -0.2) is 0 Å². The van der Waals surface area contributed by atoms with E-state index < -0.39 is 5.41 Å². The van der Waals surface area contributed by atoms with Gasteiger partial charge in [0.1, 0.15) is 0 Å². The maximum atomic E-state index is 12.2. The van der Waals surface area contributed by atoms with E-state index in [9.17, 15) is 4.79 Å². The summed E-state index contributed by atoms with van der Waals surface area (Å²) in [4.78, 5) is 12.2. The Morgan fingerprint density at radius 1 is 1.53 bits per heavy atom. The van der Waals surface area contributed by atoms with Crippen LogP contribution in [0, 0.1) is 16.7 Å². The number of carbonyl (C=O) groups is 1. The molecular formula is C15H19N3O. The molecular weight excluding hydrogens is 238 g/mol. The van der Waals surface area contributed by atoms with Crippen LogP contribution in [-0.2, 0) is 13.0 Å². The first-order chi connectivity index (χ1) is 9.03. The largest absolute Gasteiger partial charge is 0.350 e. The van der Waals surface area contributed by atoms with Crippen LogP contribution in [0.4, 0.5) is 0 Å². The fourth-order valence-corrected chi connectivity index (χ4v) is 2.18. The van der Waals surface area contributed by atoms with Crippen LogP contribution in [0.25, 0.3) is 0 Å². The Kier molecular flexibility index (Phi) is 3.87. The lowest BCUT2D eigenvalue weighted by Crippen LogP contribution is -2.34. The molecule has 1 aromatic rings. The number of hydrogen-bond acceptors (Lipinski definition) is 3. The van der Waals surface area contributed by atoms with Crippen LogP contribution in [0.5, 0.6) is 0 Å². The summed E-state index contributed by atoms with van der Waals surface area (Å²) in [5.74, 6) is -0.0814. The molecule has 0 bridgehead atoms. The van der Waals surface area contributed by atoms with Gasteiger partial charge in [-0.15, -0.1) is 0 Å². The van der Waals surface area contributed by atoms with Crippen LogP contribution in [0.15, 0.2) is 18.2 Å². The second kappa shape index (κ2) is 5.41. The normalized spacial score (nSPS) is 14.4. The van der Waals surface area contributed by atoms with Crippen LogP contribution in [0.1, 0.15) is 35.3 Å². The van der Waals surface area contributed by atoms with Crippen LogP contribution >= 0.6 is 0 Å². The SMILES string of the molecule is CC(C)(C#N)CNC(=O)c1cccc2c1CCNC2. The van der Waals surface area contributed by atoms with Crippen LogP contribution in [-0.4, -0.2) is 19.0 Å². The van der Waals surface area contributed by atoms with Gasteiger partial charge in [-0.3, -0.25) is 4.79 Å². The number of nitrogens with zero attached hydrogens (tertiary/aromatic N) is 1. The molecule has 2 rings (SSSR count). The number of nitriles is 1. The third-order valence-electron chi connectivity index (χ3n) is 3.38. The summed E-state index contributed by atoms with van der Waals surface area (Å²) in [5, 5.41) is 15.1. The van der Waals surface area contributed by atoms with Crippen molar-refractivity contribution in [2.45, 2.75) is 26.8 Å². The molecule has 100 valence electrons. The molecule has 1 aromatic carbocycles. The van der Waals surface area contributed by atoms with Crippen molar-refractivity contribution in [1.82, 2.24) is 10.6 Å².